The molecule has 2 rings (SSSR count). The number of pyridine rings is 1. The fourth-order valence-corrected chi connectivity index (χ4v) is 1.90. The summed E-state index contributed by atoms with van der Waals surface area (Å²) in [6.45, 7) is 1.71. The summed E-state index contributed by atoms with van der Waals surface area (Å²) in [7, 11) is 0. The van der Waals surface area contributed by atoms with Crippen molar-refractivity contribution in [1.29, 1.82) is 10.5 Å². The molecule has 0 aliphatic heterocycles. The predicted octanol–water partition coefficient (Wildman–Crippen LogP) is 1.38. The van der Waals surface area contributed by atoms with Crippen molar-refractivity contribution in [3.8, 4) is 29.0 Å². The van der Waals surface area contributed by atoms with E-state index >= 15 is 0 Å². The lowest BCUT2D eigenvalue weighted by molar-refractivity contribution is 0.471. The lowest BCUT2D eigenvalue weighted by atomic mass is 9.95. The van der Waals surface area contributed by atoms with Crippen LogP contribution in [0.4, 0.5) is 5.82 Å². The van der Waals surface area contributed by atoms with Gasteiger partial charge in [0.05, 0.1) is 0 Å². The van der Waals surface area contributed by atoms with Crippen molar-refractivity contribution < 1.29 is 5.11 Å². The molecule has 1 aromatic heterocycles. The highest BCUT2D eigenvalue weighted by Gasteiger charge is 2.18. The summed E-state index contributed by atoms with van der Waals surface area (Å²) >= 11 is 0. The number of aromatic hydroxyl groups is 1. The van der Waals surface area contributed by atoms with Gasteiger partial charge in [0.1, 0.15) is 34.8 Å². The first-order valence-electron chi connectivity index (χ1n) is 5.65. The van der Waals surface area contributed by atoms with Gasteiger partial charge in [-0.1, -0.05) is 12.1 Å². The third kappa shape index (κ3) is 1.96. The van der Waals surface area contributed by atoms with Crippen LogP contribution in [0.25, 0.3) is 11.1 Å². The topological polar surface area (TPSA) is 127 Å². The Kier molecular flexibility index (Phi) is 3.16. The summed E-state index contributed by atoms with van der Waals surface area (Å²) < 4.78 is 0. The van der Waals surface area contributed by atoms with E-state index in [1.165, 1.54) is 6.07 Å². The Morgan fingerprint density at radius 2 is 1.90 bits per heavy atom. The highest BCUT2D eigenvalue weighted by molar-refractivity contribution is 5.80. The molecular weight excluding hydrogens is 256 g/mol. The van der Waals surface area contributed by atoms with E-state index in [9.17, 15) is 15.2 Å². The molecule has 6 heteroatoms. The summed E-state index contributed by atoms with van der Waals surface area (Å²) in [5.41, 5.74) is 5.90. The Morgan fingerprint density at radius 3 is 2.45 bits per heavy atom. The maximum absolute atomic E-state index is 11.8. The van der Waals surface area contributed by atoms with Gasteiger partial charge in [0.25, 0.3) is 5.56 Å². The quantitative estimate of drug-likeness (QED) is 0.718. The summed E-state index contributed by atoms with van der Waals surface area (Å²) in [6.07, 6.45) is 0. The number of phenolic OH excluding ortho intramolecular Hbond substituents is 1. The van der Waals surface area contributed by atoms with Crippen molar-refractivity contribution in [3.05, 3.63) is 45.2 Å². The Hall–Kier alpha value is -3.25. The van der Waals surface area contributed by atoms with Crippen molar-refractivity contribution in [2.75, 3.05) is 5.73 Å². The van der Waals surface area contributed by atoms with Gasteiger partial charge in [-0.3, -0.25) is 4.79 Å². The van der Waals surface area contributed by atoms with Gasteiger partial charge in [0.2, 0.25) is 0 Å². The number of benzene rings is 1. The van der Waals surface area contributed by atoms with Crippen LogP contribution < -0.4 is 11.3 Å². The van der Waals surface area contributed by atoms with Crippen LogP contribution in [0.3, 0.4) is 0 Å². The van der Waals surface area contributed by atoms with Gasteiger partial charge in [0.15, 0.2) is 0 Å². The lowest BCUT2D eigenvalue weighted by Crippen LogP contribution is -2.16. The molecule has 2 aromatic rings. The molecule has 0 unspecified atom stereocenters. The molecule has 98 valence electrons. The van der Waals surface area contributed by atoms with Gasteiger partial charge in [-0.2, -0.15) is 10.5 Å². The molecule has 20 heavy (non-hydrogen) atoms. The fraction of sp³-hybridized carbons (Fsp3) is 0.0714. The van der Waals surface area contributed by atoms with Gasteiger partial charge in [-0.25, -0.2) is 0 Å². The molecule has 1 aromatic carbocycles. The standard InChI is InChI=1S/C14H10N4O2/c1-7-2-3-8(4-11(7)19)12-9(5-15)13(17)18-14(20)10(12)6-16/h2-4,19H,1H3,(H3,17,18,20). The average molecular weight is 266 g/mol. The summed E-state index contributed by atoms with van der Waals surface area (Å²) in [5.74, 6) is -0.0966. The molecule has 6 nitrogen and oxygen atoms in total. The maximum Gasteiger partial charge on any atom is 0.268 e. The fourth-order valence-electron chi connectivity index (χ4n) is 1.90. The number of nitrogens with one attached hydrogen (secondary N) is 1. The monoisotopic (exact) mass is 266 g/mol. The first-order valence-corrected chi connectivity index (χ1v) is 5.65. The Balaban J connectivity index is 2.92. The molecule has 1 heterocycles. The van der Waals surface area contributed by atoms with Crippen molar-refractivity contribution >= 4 is 5.82 Å². The van der Waals surface area contributed by atoms with Crippen LogP contribution in [0.5, 0.6) is 5.75 Å². The zero-order valence-corrected chi connectivity index (χ0v) is 10.6. The zero-order valence-electron chi connectivity index (χ0n) is 10.6. The third-order valence-corrected chi connectivity index (χ3v) is 2.97. The first-order chi connectivity index (χ1) is 9.49. The van der Waals surface area contributed by atoms with Crippen LogP contribution >= 0.6 is 0 Å². The van der Waals surface area contributed by atoms with Crippen LogP contribution in [0.1, 0.15) is 16.7 Å². The van der Waals surface area contributed by atoms with Crippen molar-refractivity contribution in [1.82, 2.24) is 4.98 Å². The van der Waals surface area contributed by atoms with Gasteiger partial charge < -0.3 is 15.8 Å². The van der Waals surface area contributed by atoms with E-state index in [1.54, 1.807) is 25.1 Å². The van der Waals surface area contributed by atoms with Crippen molar-refractivity contribution in [2.24, 2.45) is 0 Å². The summed E-state index contributed by atoms with van der Waals surface area (Å²) in [6, 6.07) is 8.28. The number of aromatic nitrogens is 1. The third-order valence-electron chi connectivity index (χ3n) is 2.97. The number of nitrogens with zero attached hydrogens (tertiary/aromatic N) is 2. The second-order valence-electron chi connectivity index (χ2n) is 4.22. The van der Waals surface area contributed by atoms with E-state index in [-0.39, 0.29) is 28.3 Å². The Morgan fingerprint density at radius 1 is 1.25 bits per heavy atom. The first kappa shape index (κ1) is 13.2. The Bertz CT molecular complexity index is 838. The molecule has 0 fully saturated rings. The molecule has 0 bridgehead atoms. The van der Waals surface area contributed by atoms with E-state index in [1.807, 2.05) is 6.07 Å². The number of H-pyrrole nitrogens is 1. The number of hydrogen-bond donors (Lipinski definition) is 3. The zero-order chi connectivity index (χ0) is 14.9. The van der Waals surface area contributed by atoms with Crippen LogP contribution in [0.15, 0.2) is 23.0 Å². The molecule has 0 spiro atoms. The second kappa shape index (κ2) is 4.79. The molecule has 0 amide bonds. The van der Waals surface area contributed by atoms with E-state index in [4.69, 9.17) is 11.0 Å². The highest BCUT2D eigenvalue weighted by Crippen LogP contribution is 2.31. The van der Waals surface area contributed by atoms with E-state index in [0.29, 0.717) is 11.1 Å². The van der Waals surface area contributed by atoms with E-state index in [0.717, 1.165) is 0 Å². The maximum atomic E-state index is 11.8. The number of rotatable bonds is 1. The molecular formula is C14H10N4O2. The number of aryl methyl sites for hydroxylation is 1. The van der Waals surface area contributed by atoms with Crippen molar-refractivity contribution in [2.45, 2.75) is 6.92 Å². The molecule has 0 saturated heterocycles. The summed E-state index contributed by atoms with van der Waals surface area (Å²) in [4.78, 5) is 14.0. The number of anilines is 1. The van der Waals surface area contributed by atoms with Crippen LogP contribution in [0.2, 0.25) is 0 Å². The minimum absolute atomic E-state index is 0.00408. The van der Waals surface area contributed by atoms with Crippen LogP contribution in [0, 0.1) is 29.6 Å². The molecule has 0 atom stereocenters. The smallest absolute Gasteiger partial charge is 0.268 e. The number of aromatic amines is 1. The molecule has 0 aliphatic carbocycles. The second-order valence-corrected chi connectivity index (χ2v) is 4.22. The SMILES string of the molecule is Cc1ccc(-c2c(C#N)c(N)[nH]c(=O)c2C#N)cc1O. The number of nitrogens with two attached hydrogens (primary N) is 1. The van der Waals surface area contributed by atoms with E-state index in [2.05, 4.69) is 4.98 Å². The molecule has 0 aliphatic rings. The van der Waals surface area contributed by atoms with Gasteiger partial charge in [-0.15, -0.1) is 0 Å². The Labute approximate surface area is 114 Å². The predicted molar refractivity (Wildman–Crippen MR) is 72.7 cm³/mol. The normalized spacial score (nSPS) is 9.75. The number of nitriles is 2. The average Bonchev–Trinajstić information content (AvgIpc) is 2.41. The minimum Gasteiger partial charge on any atom is -0.508 e. The van der Waals surface area contributed by atoms with Gasteiger partial charge in [0, 0.05) is 5.56 Å². The minimum atomic E-state index is -0.668. The molecule has 4 N–H and O–H groups in total. The van der Waals surface area contributed by atoms with Crippen LogP contribution in [-0.2, 0) is 0 Å². The highest BCUT2D eigenvalue weighted by atomic mass is 16.3. The molecule has 0 radical (unpaired) electrons. The summed E-state index contributed by atoms with van der Waals surface area (Å²) in [5, 5.41) is 28.0. The van der Waals surface area contributed by atoms with Gasteiger partial charge in [-0.05, 0) is 24.1 Å². The molecule has 0 saturated carbocycles. The van der Waals surface area contributed by atoms with Crippen molar-refractivity contribution in [3.63, 3.8) is 0 Å². The van der Waals surface area contributed by atoms with Crippen LogP contribution in [-0.4, -0.2) is 10.1 Å². The largest absolute Gasteiger partial charge is 0.508 e. The number of phenols is 1. The van der Waals surface area contributed by atoms with Gasteiger partial charge >= 0.3 is 0 Å². The van der Waals surface area contributed by atoms with E-state index < -0.39 is 5.56 Å². The number of nitrogen functional groups attached to an aromatic ring is 1. The lowest BCUT2D eigenvalue weighted by Gasteiger charge is -2.09. The number of hydrogen-bond acceptors (Lipinski definition) is 5.